The largest absolute Gasteiger partial charge is 0.481 e. The summed E-state index contributed by atoms with van der Waals surface area (Å²) in [5.74, 6) is 3.25. The third-order valence-corrected chi connectivity index (χ3v) is 7.02. The molecule has 0 radical (unpaired) electrons. The molecule has 0 aromatic heterocycles. The lowest BCUT2D eigenvalue weighted by Crippen LogP contribution is -2.21. The first-order valence-corrected chi connectivity index (χ1v) is 7.87. The SMILES string of the molecule is CCCS(CCC)(CCC)CC(=O)O.[MgH2]. The molecule has 0 heterocycles. The number of rotatable bonds is 8. The maximum atomic E-state index is 10.9. The first-order valence-electron chi connectivity index (χ1n) is 5.56. The number of carboxylic acid groups (broad SMARTS) is 1. The van der Waals surface area contributed by atoms with E-state index < -0.39 is 16.0 Å². The molecule has 0 saturated carbocycles. The molecule has 0 atom stereocenters. The molecule has 90 valence electrons. The van der Waals surface area contributed by atoms with Crippen LogP contribution >= 0.6 is 10.0 Å². The van der Waals surface area contributed by atoms with Crippen LogP contribution in [0.25, 0.3) is 0 Å². The van der Waals surface area contributed by atoms with Crippen molar-refractivity contribution in [3.63, 3.8) is 0 Å². The molecule has 15 heavy (non-hydrogen) atoms. The Morgan fingerprint density at radius 2 is 1.33 bits per heavy atom. The quantitative estimate of drug-likeness (QED) is 0.667. The summed E-state index contributed by atoms with van der Waals surface area (Å²) < 4.78 is 0. The zero-order valence-electron chi connectivity index (χ0n) is 9.71. The third-order valence-electron chi connectivity index (χ3n) is 2.34. The van der Waals surface area contributed by atoms with E-state index in [9.17, 15) is 4.79 Å². The van der Waals surface area contributed by atoms with Crippen LogP contribution in [0, 0.1) is 0 Å². The fourth-order valence-corrected chi connectivity index (χ4v) is 6.25. The van der Waals surface area contributed by atoms with E-state index in [1.54, 1.807) is 0 Å². The monoisotopic (exact) mass is 246 g/mol. The fraction of sp³-hybridized carbons (Fsp3) is 0.909. The first kappa shape index (κ1) is 18.0. The van der Waals surface area contributed by atoms with Crippen LogP contribution in [0.1, 0.15) is 40.0 Å². The lowest BCUT2D eigenvalue weighted by Gasteiger charge is -2.38. The maximum absolute atomic E-state index is 10.9. The Kier molecular flexibility index (Phi) is 11.7. The van der Waals surface area contributed by atoms with E-state index in [1.807, 2.05) is 0 Å². The van der Waals surface area contributed by atoms with Gasteiger partial charge in [-0.15, -0.1) is 0 Å². The van der Waals surface area contributed by atoms with Crippen molar-refractivity contribution in [2.75, 3.05) is 23.0 Å². The molecule has 0 aromatic carbocycles. The number of carbonyl (C=O) groups is 1. The summed E-state index contributed by atoms with van der Waals surface area (Å²) in [4.78, 5) is 10.9. The van der Waals surface area contributed by atoms with E-state index in [4.69, 9.17) is 5.11 Å². The van der Waals surface area contributed by atoms with E-state index in [2.05, 4.69) is 20.8 Å². The second kappa shape index (κ2) is 9.79. The lowest BCUT2D eigenvalue weighted by molar-refractivity contribution is -0.133. The van der Waals surface area contributed by atoms with Crippen molar-refractivity contribution in [1.29, 1.82) is 0 Å². The molecule has 0 aliphatic rings. The second-order valence-corrected chi connectivity index (χ2v) is 7.84. The molecule has 0 fully saturated rings. The van der Waals surface area contributed by atoms with E-state index >= 15 is 0 Å². The highest BCUT2D eigenvalue weighted by molar-refractivity contribution is 8.34. The average molecular weight is 247 g/mol. The Balaban J connectivity index is 0. The maximum Gasteiger partial charge on any atom is 0.316 e. The molecule has 0 spiro atoms. The summed E-state index contributed by atoms with van der Waals surface area (Å²) in [6.45, 7) is 6.48. The Morgan fingerprint density at radius 1 is 1.00 bits per heavy atom. The first-order chi connectivity index (χ1) is 6.60. The molecule has 0 saturated heterocycles. The van der Waals surface area contributed by atoms with Crippen LogP contribution in [-0.2, 0) is 4.79 Å². The molecule has 0 unspecified atom stereocenters. The number of carboxylic acids is 1. The Hall–Kier alpha value is 0.586. The summed E-state index contributed by atoms with van der Waals surface area (Å²) in [5, 5.41) is 8.95. The van der Waals surface area contributed by atoms with Gasteiger partial charge in [0.05, 0.1) is 5.75 Å². The van der Waals surface area contributed by atoms with Gasteiger partial charge in [0.15, 0.2) is 0 Å². The molecule has 0 aliphatic heterocycles. The summed E-state index contributed by atoms with van der Waals surface area (Å²) in [5.41, 5.74) is 0. The minimum atomic E-state index is -0.845. The van der Waals surface area contributed by atoms with Crippen molar-refractivity contribution in [2.45, 2.75) is 40.0 Å². The Labute approximate surface area is 112 Å². The van der Waals surface area contributed by atoms with Gasteiger partial charge in [-0.2, -0.15) is 0 Å². The van der Waals surface area contributed by atoms with Gasteiger partial charge in [0, 0.05) is 0 Å². The van der Waals surface area contributed by atoms with Crippen molar-refractivity contribution in [3.05, 3.63) is 0 Å². The molecular formula is C11H26MgO2S. The molecule has 0 rings (SSSR count). The average Bonchev–Trinajstić information content (AvgIpc) is 2.03. The minimum Gasteiger partial charge on any atom is -0.481 e. The van der Waals surface area contributed by atoms with Crippen molar-refractivity contribution < 1.29 is 9.90 Å². The molecule has 0 aliphatic carbocycles. The van der Waals surface area contributed by atoms with Crippen LogP contribution in [0.3, 0.4) is 0 Å². The Bertz CT molecular complexity index is 157. The van der Waals surface area contributed by atoms with E-state index in [0.29, 0.717) is 5.75 Å². The highest BCUT2D eigenvalue weighted by Crippen LogP contribution is 2.49. The fourth-order valence-electron chi connectivity index (χ4n) is 2.08. The second-order valence-electron chi connectivity index (χ2n) is 3.88. The smallest absolute Gasteiger partial charge is 0.316 e. The van der Waals surface area contributed by atoms with Gasteiger partial charge in [0.25, 0.3) is 0 Å². The highest BCUT2D eigenvalue weighted by atomic mass is 32.3. The van der Waals surface area contributed by atoms with Gasteiger partial charge in [-0.05, 0) is 36.5 Å². The summed E-state index contributed by atoms with van der Waals surface area (Å²) in [7, 11) is -0.845. The topological polar surface area (TPSA) is 37.3 Å². The van der Waals surface area contributed by atoms with Crippen LogP contribution in [-0.4, -0.2) is 57.1 Å². The lowest BCUT2D eigenvalue weighted by atomic mass is 10.6. The van der Waals surface area contributed by atoms with Gasteiger partial charge in [0.2, 0.25) is 0 Å². The van der Waals surface area contributed by atoms with E-state index in [-0.39, 0.29) is 23.1 Å². The van der Waals surface area contributed by atoms with Crippen LogP contribution in [0.15, 0.2) is 0 Å². The zero-order chi connectivity index (χ0) is 11.0. The van der Waals surface area contributed by atoms with Crippen molar-refractivity contribution in [3.8, 4) is 0 Å². The number of aliphatic carboxylic acids is 1. The highest BCUT2D eigenvalue weighted by Gasteiger charge is 2.24. The predicted octanol–water partition coefficient (Wildman–Crippen LogP) is 2.19. The number of hydrogen-bond acceptors (Lipinski definition) is 1. The van der Waals surface area contributed by atoms with E-state index in [1.165, 1.54) is 0 Å². The molecule has 4 heteroatoms. The van der Waals surface area contributed by atoms with Gasteiger partial charge in [0.1, 0.15) is 0 Å². The van der Waals surface area contributed by atoms with Gasteiger partial charge in [-0.3, -0.25) is 4.79 Å². The minimum absolute atomic E-state index is 0. The molecular weight excluding hydrogens is 220 g/mol. The van der Waals surface area contributed by atoms with Gasteiger partial charge < -0.3 is 5.11 Å². The van der Waals surface area contributed by atoms with E-state index in [0.717, 1.165) is 36.5 Å². The van der Waals surface area contributed by atoms with Crippen molar-refractivity contribution >= 4 is 39.1 Å². The third kappa shape index (κ3) is 7.47. The normalized spacial score (nSPS) is 11.9. The summed E-state index contributed by atoms with van der Waals surface area (Å²) >= 11 is 0. The number of hydrogen-bond donors (Lipinski definition) is 1. The molecule has 0 amide bonds. The van der Waals surface area contributed by atoms with Crippen LogP contribution in [0.5, 0.6) is 0 Å². The summed E-state index contributed by atoms with van der Waals surface area (Å²) in [6, 6.07) is 0. The standard InChI is InChI=1S/C11H24O2S.Mg.2H/c1-4-7-14(8-5-2,9-6-3)10-11(12)13;;;/h4-10H2,1-3H3,(H,12,13);;;. The van der Waals surface area contributed by atoms with Crippen LogP contribution in [0.4, 0.5) is 0 Å². The van der Waals surface area contributed by atoms with Gasteiger partial charge >= 0.3 is 29.0 Å². The zero-order valence-corrected chi connectivity index (χ0v) is 10.5. The molecule has 2 nitrogen and oxygen atoms in total. The predicted molar refractivity (Wildman–Crippen MR) is 74.1 cm³/mol. The molecule has 0 aromatic rings. The van der Waals surface area contributed by atoms with Crippen molar-refractivity contribution in [2.24, 2.45) is 0 Å². The van der Waals surface area contributed by atoms with Gasteiger partial charge in [-0.1, -0.05) is 20.8 Å². The molecule has 1 N–H and O–H groups in total. The van der Waals surface area contributed by atoms with Gasteiger partial charge in [-0.25, -0.2) is 10.0 Å². The molecule has 0 bridgehead atoms. The summed E-state index contributed by atoms with van der Waals surface area (Å²) in [6.07, 6.45) is 3.38. The van der Waals surface area contributed by atoms with Crippen LogP contribution in [0.2, 0.25) is 0 Å². The van der Waals surface area contributed by atoms with Crippen molar-refractivity contribution in [1.82, 2.24) is 0 Å². The van der Waals surface area contributed by atoms with Crippen LogP contribution < -0.4 is 0 Å². The Morgan fingerprint density at radius 3 is 1.53 bits per heavy atom.